The Kier molecular flexibility index (Phi) is 3.62. The van der Waals surface area contributed by atoms with E-state index in [1.165, 1.54) is 0 Å². The number of hydrogen-bond donors (Lipinski definition) is 2. The number of primary amides is 1. The second-order valence-electron chi connectivity index (χ2n) is 11.7. The Morgan fingerprint density at radius 2 is 2.09 bits per heavy atom. The molecule has 2 spiro atoms. The minimum atomic E-state index is -0.593. The average Bonchev–Trinajstić information content (AvgIpc) is 3.65. The number of aliphatic hydroxyl groups is 1. The lowest BCUT2D eigenvalue weighted by Crippen LogP contribution is -2.64. The van der Waals surface area contributed by atoms with Crippen molar-refractivity contribution in [3.63, 3.8) is 0 Å². The molecule has 7 rings (SSSR count). The normalized spacial score (nSPS) is 49.5. The molecule has 0 bridgehead atoms. The molecule has 2 aliphatic heterocycles. The predicted molar refractivity (Wildman–Crippen MR) is 113 cm³/mol. The molecule has 0 aromatic carbocycles. The standard InChI is InChI=1S/C25H31NO7/c1-11(2)24-19(33-24)15-9-23(15)22(3)7-6-12-13(14(22)8-16-25(23,32-16)21(24)29)10-30-20(12)31-18(28)5-4-17(26)27/h10-11,14-16,19,21,29H,4-9H2,1-3H3,(H2,26,27)/t14-,15-,16-,19-,21+,22-,23-,24-,25+/m0/s1. The van der Waals surface area contributed by atoms with Crippen LogP contribution in [0.3, 0.4) is 0 Å². The van der Waals surface area contributed by atoms with Gasteiger partial charge in [-0.3, -0.25) is 9.59 Å². The van der Waals surface area contributed by atoms with Crippen LogP contribution in [0.1, 0.15) is 69.9 Å². The van der Waals surface area contributed by atoms with E-state index >= 15 is 0 Å². The highest BCUT2D eigenvalue weighted by Crippen LogP contribution is 2.90. The Labute approximate surface area is 192 Å². The van der Waals surface area contributed by atoms with Gasteiger partial charge < -0.3 is 29.5 Å². The Morgan fingerprint density at radius 1 is 1.30 bits per heavy atom. The summed E-state index contributed by atoms with van der Waals surface area (Å²) in [7, 11) is 0. The zero-order chi connectivity index (χ0) is 23.1. The first kappa shape index (κ1) is 20.5. The largest absolute Gasteiger partial charge is 0.433 e. The van der Waals surface area contributed by atoms with Crippen molar-refractivity contribution in [2.45, 2.75) is 94.7 Å². The Morgan fingerprint density at radius 3 is 2.82 bits per heavy atom. The van der Waals surface area contributed by atoms with Gasteiger partial charge in [-0.2, -0.15) is 0 Å². The average molecular weight is 458 g/mol. The van der Waals surface area contributed by atoms with Crippen LogP contribution in [0.5, 0.6) is 5.95 Å². The maximum absolute atomic E-state index is 12.2. The lowest BCUT2D eigenvalue weighted by Gasteiger charge is -2.55. The van der Waals surface area contributed by atoms with Gasteiger partial charge in [-0.1, -0.05) is 20.8 Å². The molecule has 3 saturated carbocycles. The van der Waals surface area contributed by atoms with Crippen LogP contribution in [0.15, 0.2) is 10.7 Å². The van der Waals surface area contributed by atoms with Crippen molar-refractivity contribution < 1.29 is 33.3 Å². The smallest absolute Gasteiger partial charge is 0.314 e. The van der Waals surface area contributed by atoms with Gasteiger partial charge in [-0.15, -0.1) is 0 Å². The molecule has 2 saturated heterocycles. The van der Waals surface area contributed by atoms with Crippen LogP contribution in [0.4, 0.5) is 0 Å². The van der Waals surface area contributed by atoms with E-state index in [1.54, 1.807) is 6.26 Å². The number of fused-ring (bicyclic) bond motifs is 5. The van der Waals surface area contributed by atoms with Gasteiger partial charge in [0.15, 0.2) is 0 Å². The molecule has 9 atom stereocenters. The predicted octanol–water partition coefficient (Wildman–Crippen LogP) is 2.20. The van der Waals surface area contributed by atoms with Gasteiger partial charge in [0.25, 0.3) is 5.95 Å². The van der Waals surface area contributed by atoms with Gasteiger partial charge in [-0.05, 0) is 48.9 Å². The molecule has 1 aromatic heterocycles. The molecule has 1 aromatic rings. The second-order valence-corrected chi connectivity index (χ2v) is 11.7. The number of amides is 1. The lowest BCUT2D eigenvalue weighted by molar-refractivity contribution is -0.137. The van der Waals surface area contributed by atoms with Crippen molar-refractivity contribution >= 4 is 11.9 Å². The van der Waals surface area contributed by atoms with Crippen LogP contribution in [0.25, 0.3) is 0 Å². The second kappa shape index (κ2) is 5.83. The number of carbonyl (C=O) groups is 2. The number of ether oxygens (including phenoxy) is 3. The first-order chi connectivity index (χ1) is 15.6. The van der Waals surface area contributed by atoms with E-state index in [9.17, 15) is 14.7 Å². The van der Waals surface area contributed by atoms with Crippen LogP contribution in [0, 0.1) is 22.7 Å². The highest BCUT2D eigenvalue weighted by Gasteiger charge is 2.97. The highest BCUT2D eigenvalue weighted by molar-refractivity contribution is 5.80. The van der Waals surface area contributed by atoms with E-state index in [0.29, 0.717) is 5.92 Å². The van der Waals surface area contributed by atoms with Gasteiger partial charge in [0.05, 0.1) is 24.9 Å². The fourth-order valence-electron chi connectivity index (χ4n) is 8.84. The van der Waals surface area contributed by atoms with E-state index in [-0.39, 0.29) is 53.7 Å². The fourth-order valence-corrected chi connectivity index (χ4v) is 8.84. The molecule has 6 aliphatic rings. The number of rotatable bonds is 5. The Hall–Kier alpha value is -1.90. The number of aliphatic hydroxyl groups excluding tert-OH is 1. The van der Waals surface area contributed by atoms with E-state index in [1.807, 2.05) is 0 Å². The Balaban J connectivity index is 1.21. The first-order valence-electron chi connectivity index (χ1n) is 12.3. The third-order valence-electron chi connectivity index (χ3n) is 10.5. The molecule has 3 N–H and O–H groups in total. The number of carbonyl (C=O) groups excluding carboxylic acids is 2. The zero-order valence-corrected chi connectivity index (χ0v) is 19.3. The molecule has 33 heavy (non-hydrogen) atoms. The van der Waals surface area contributed by atoms with Gasteiger partial charge >= 0.3 is 5.97 Å². The van der Waals surface area contributed by atoms with Crippen LogP contribution < -0.4 is 10.5 Å². The fraction of sp³-hybridized carbons (Fsp3) is 0.760. The van der Waals surface area contributed by atoms with E-state index < -0.39 is 29.2 Å². The number of esters is 1. The maximum Gasteiger partial charge on any atom is 0.314 e. The topological polar surface area (TPSA) is 128 Å². The maximum atomic E-state index is 12.2. The molecule has 4 aliphatic carbocycles. The molecule has 8 nitrogen and oxygen atoms in total. The van der Waals surface area contributed by atoms with Gasteiger partial charge in [0.1, 0.15) is 17.3 Å². The Bertz CT molecular complexity index is 1100. The molecular formula is C25H31NO7. The minimum Gasteiger partial charge on any atom is -0.433 e. The summed E-state index contributed by atoms with van der Waals surface area (Å²) in [6.45, 7) is 6.65. The van der Waals surface area contributed by atoms with Crippen LogP contribution >= 0.6 is 0 Å². The van der Waals surface area contributed by atoms with Crippen molar-refractivity contribution in [3.05, 3.63) is 17.4 Å². The molecule has 1 amide bonds. The monoisotopic (exact) mass is 457 g/mol. The SMILES string of the molecule is CC(C)[C@]12O[C@H]1[C@@H]1C[C@]13[C@]1(O[C@H]1C[C@H]1c4coc(OC(=O)CCC(N)=O)c4CC[C@@]13C)[C@@H]2O. The molecule has 5 fully saturated rings. The van der Waals surface area contributed by atoms with E-state index in [0.717, 1.165) is 36.8 Å². The quantitative estimate of drug-likeness (QED) is 0.512. The summed E-state index contributed by atoms with van der Waals surface area (Å²) < 4.78 is 24.0. The summed E-state index contributed by atoms with van der Waals surface area (Å²) in [4.78, 5) is 23.1. The summed E-state index contributed by atoms with van der Waals surface area (Å²) >= 11 is 0. The number of furan rings is 1. The number of epoxide rings is 2. The van der Waals surface area contributed by atoms with Gasteiger partial charge in [-0.25, -0.2) is 0 Å². The van der Waals surface area contributed by atoms with Crippen molar-refractivity contribution in [1.82, 2.24) is 0 Å². The molecule has 0 radical (unpaired) electrons. The molecular weight excluding hydrogens is 426 g/mol. The minimum absolute atomic E-state index is 0.0127. The molecule has 0 unspecified atom stereocenters. The summed E-state index contributed by atoms with van der Waals surface area (Å²) in [5, 5.41) is 11.7. The van der Waals surface area contributed by atoms with Crippen molar-refractivity contribution in [3.8, 4) is 5.95 Å². The molecule has 3 heterocycles. The zero-order valence-electron chi connectivity index (χ0n) is 19.3. The third-order valence-corrected chi connectivity index (χ3v) is 10.5. The van der Waals surface area contributed by atoms with Gasteiger partial charge in [0, 0.05) is 23.0 Å². The highest BCUT2D eigenvalue weighted by atomic mass is 16.7. The van der Waals surface area contributed by atoms with E-state index in [2.05, 4.69) is 20.8 Å². The van der Waals surface area contributed by atoms with Crippen LogP contribution in [0.2, 0.25) is 0 Å². The number of nitrogens with two attached hydrogens (primary N) is 1. The first-order valence-corrected chi connectivity index (χ1v) is 12.3. The summed E-state index contributed by atoms with van der Waals surface area (Å²) in [6, 6.07) is 0. The van der Waals surface area contributed by atoms with Crippen LogP contribution in [-0.4, -0.2) is 46.5 Å². The summed E-state index contributed by atoms with van der Waals surface area (Å²) in [5.41, 5.74) is 6.10. The third kappa shape index (κ3) is 2.07. The van der Waals surface area contributed by atoms with Crippen LogP contribution in [-0.2, 0) is 25.5 Å². The van der Waals surface area contributed by atoms with Gasteiger partial charge in [0.2, 0.25) is 5.91 Å². The summed E-state index contributed by atoms with van der Waals surface area (Å²) in [5.74, 6) is 0.0762. The molecule has 8 heteroatoms. The number of hydrogen-bond acceptors (Lipinski definition) is 7. The van der Waals surface area contributed by atoms with E-state index in [4.69, 9.17) is 24.4 Å². The molecule has 178 valence electrons. The van der Waals surface area contributed by atoms with Crippen molar-refractivity contribution in [1.29, 1.82) is 0 Å². The van der Waals surface area contributed by atoms with Crippen molar-refractivity contribution in [2.75, 3.05) is 0 Å². The lowest BCUT2D eigenvalue weighted by atomic mass is 9.46. The van der Waals surface area contributed by atoms with Crippen molar-refractivity contribution in [2.24, 2.45) is 28.4 Å². The summed E-state index contributed by atoms with van der Waals surface area (Å²) in [6.07, 6.45) is 4.68.